The third-order valence-corrected chi connectivity index (χ3v) is 3.49. The molecule has 2 rings (SSSR count). The Morgan fingerprint density at radius 2 is 2.00 bits per heavy atom. The van der Waals surface area contributed by atoms with Crippen molar-refractivity contribution < 1.29 is 5.11 Å². The van der Waals surface area contributed by atoms with Crippen LogP contribution in [-0.4, -0.2) is 10.7 Å². The Kier molecular flexibility index (Phi) is 3.11. The molecule has 15 heavy (non-hydrogen) atoms. The summed E-state index contributed by atoms with van der Waals surface area (Å²) in [6.45, 7) is 2.18. The van der Waals surface area contributed by atoms with Crippen molar-refractivity contribution in [3.05, 3.63) is 35.4 Å². The van der Waals surface area contributed by atoms with E-state index in [-0.39, 0.29) is 0 Å². The number of benzene rings is 1. The maximum atomic E-state index is 10.4. The minimum atomic E-state index is -0.426. The van der Waals surface area contributed by atoms with Crippen molar-refractivity contribution in [3.8, 4) is 0 Å². The van der Waals surface area contributed by atoms with Gasteiger partial charge in [-0.1, -0.05) is 44.0 Å². The zero-order valence-electron chi connectivity index (χ0n) is 9.50. The lowest BCUT2D eigenvalue weighted by Crippen LogP contribution is -2.35. The minimum Gasteiger partial charge on any atom is -0.390 e. The summed E-state index contributed by atoms with van der Waals surface area (Å²) in [7, 11) is 0. The van der Waals surface area contributed by atoms with Gasteiger partial charge in [0.05, 0.1) is 5.60 Å². The molecular formula is C14H20O. The van der Waals surface area contributed by atoms with E-state index in [0.29, 0.717) is 0 Å². The number of fused-ring (bicyclic) bond motifs is 1. The number of aliphatic hydroxyl groups is 1. The van der Waals surface area contributed by atoms with E-state index in [1.165, 1.54) is 17.5 Å². The van der Waals surface area contributed by atoms with Gasteiger partial charge in [0, 0.05) is 6.42 Å². The molecular weight excluding hydrogens is 184 g/mol. The Labute approximate surface area is 92.1 Å². The van der Waals surface area contributed by atoms with Crippen LogP contribution in [0.1, 0.15) is 43.7 Å². The van der Waals surface area contributed by atoms with Gasteiger partial charge in [-0.05, 0) is 30.4 Å². The fraction of sp³-hybridized carbons (Fsp3) is 0.571. The molecule has 0 spiro atoms. The van der Waals surface area contributed by atoms with Crippen LogP contribution in [0.25, 0.3) is 0 Å². The van der Waals surface area contributed by atoms with Gasteiger partial charge in [-0.25, -0.2) is 0 Å². The molecule has 1 heteroatoms. The molecule has 0 saturated carbocycles. The second-order valence-electron chi connectivity index (χ2n) is 4.77. The highest BCUT2D eigenvalue weighted by Gasteiger charge is 2.30. The van der Waals surface area contributed by atoms with Crippen molar-refractivity contribution in [2.75, 3.05) is 0 Å². The lowest BCUT2D eigenvalue weighted by atomic mass is 9.78. The molecule has 1 unspecified atom stereocenters. The molecule has 82 valence electrons. The van der Waals surface area contributed by atoms with Crippen LogP contribution in [-0.2, 0) is 12.8 Å². The molecule has 1 aromatic rings. The summed E-state index contributed by atoms with van der Waals surface area (Å²) in [5, 5.41) is 10.4. The molecule has 1 aromatic carbocycles. The monoisotopic (exact) mass is 204 g/mol. The molecule has 0 aromatic heterocycles. The summed E-state index contributed by atoms with van der Waals surface area (Å²) in [6.07, 6.45) is 6.09. The van der Waals surface area contributed by atoms with Gasteiger partial charge < -0.3 is 5.11 Å². The Bertz CT molecular complexity index is 332. The highest BCUT2D eigenvalue weighted by molar-refractivity contribution is 5.31. The van der Waals surface area contributed by atoms with Gasteiger partial charge in [0.2, 0.25) is 0 Å². The summed E-state index contributed by atoms with van der Waals surface area (Å²) in [6, 6.07) is 8.51. The average Bonchev–Trinajstić information content (AvgIpc) is 2.26. The molecule has 1 aliphatic rings. The molecule has 0 radical (unpaired) electrons. The van der Waals surface area contributed by atoms with Crippen molar-refractivity contribution in [1.82, 2.24) is 0 Å². The van der Waals surface area contributed by atoms with Crippen LogP contribution >= 0.6 is 0 Å². The van der Waals surface area contributed by atoms with Crippen LogP contribution in [0.3, 0.4) is 0 Å². The van der Waals surface area contributed by atoms with Gasteiger partial charge in [0.1, 0.15) is 0 Å². The van der Waals surface area contributed by atoms with Crippen molar-refractivity contribution in [1.29, 1.82) is 0 Å². The number of hydrogen-bond acceptors (Lipinski definition) is 1. The number of aryl methyl sites for hydroxylation is 1. The van der Waals surface area contributed by atoms with Crippen molar-refractivity contribution in [3.63, 3.8) is 0 Å². The third-order valence-electron chi connectivity index (χ3n) is 3.49. The SMILES string of the molecule is CCCCC1(O)CCc2ccccc2C1. The Balaban J connectivity index is 2.10. The first-order chi connectivity index (χ1) is 7.23. The van der Waals surface area contributed by atoms with Crippen molar-refractivity contribution in [2.45, 2.75) is 51.0 Å². The summed E-state index contributed by atoms with van der Waals surface area (Å²) < 4.78 is 0. The molecule has 0 fully saturated rings. The second-order valence-corrected chi connectivity index (χ2v) is 4.77. The summed E-state index contributed by atoms with van der Waals surface area (Å²) in [5.41, 5.74) is 2.35. The van der Waals surface area contributed by atoms with Gasteiger partial charge in [-0.3, -0.25) is 0 Å². The van der Waals surface area contributed by atoms with E-state index in [2.05, 4.69) is 31.2 Å². The molecule has 0 aliphatic heterocycles. The molecule has 0 heterocycles. The van der Waals surface area contributed by atoms with Crippen LogP contribution in [0, 0.1) is 0 Å². The van der Waals surface area contributed by atoms with Crippen LogP contribution in [0.4, 0.5) is 0 Å². The van der Waals surface area contributed by atoms with E-state index in [9.17, 15) is 5.11 Å². The minimum absolute atomic E-state index is 0.426. The normalized spacial score (nSPS) is 24.9. The van der Waals surface area contributed by atoms with E-state index >= 15 is 0 Å². The van der Waals surface area contributed by atoms with Crippen molar-refractivity contribution in [2.24, 2.45) is 0 Å². The van der Waals surface area contributed by atoms with Crippen LogP contribution < -0.4 is 0 Å². The molecule has 0 amide bonds. The fourth-order valence-corrected chi connectivity index (χ4v) is 2.50. The predicted molar refractivity (Wildman–Crippen MR) is 62.9 cm³/mol. The molecule has 0 bridgehead atoms. The first kappa shape index (κ1) is 10.7. The fourth-order valence-electron chi connectivity index (χ4n) is 2.50. The first-order valence-electron chi connectivity index (χ1n) is 6.03. The zero-order chi connectivity index (χ0) is 10.7. The Morgan fingerprint density at radius 1 is 1.27 bits per heavy atom. The number of unbranched alkanes of at least 4 members (excludes halogenated alkanes) is 1. The molecule has 1 N–H and O–H groups in total. The van der Waals surface area contributed by atoms with E-state index in [1.54, 1.807) is 0 Å². The third kappa shape index (κ3) is 2.40. The number of rotatable bonds is 3. The Hall–Kier alpha value is -0.820. The van der Waals surface area contributed by atoms with Gasteiger partial charge in [0.25, 0.3) is 0 Å². The smallest absolute Gasteiger partial charge is 0.0691 e. The molecule has 1 aliphatic carbocycles. The summed E-state index contributed by atoms with van der Waals surface area (Å²) in [5.74, 6) is 0. The lowest BCUT2D eigenvalue weighted by Gasteiger charge is -2.33. The lowest BCUT2D eigenvalue weighted by molar-refractivity contribution is 0.0159. The Morgan fingerprint density at radius 3 is 2.73 bits per heavy atom. The second kappa shape index (κ2) is 4.36. The van der Waals surface area contributed by atoms with Crippen LogP contribution in [0.15, 0.2) is 24.3 Å². The van der Waals surface area contributed by atoms with E-state index < -0.39 is 5.60 Å². The van der Waals surface area contributed by atoms with E-state index in [1.807, 2.05) is 0 Å². The highest BCUT2D eigenvalue weighted by atomic mass is 16.3. The first-order valence-corrected chi connectivity index (χ1v) is 6.03. The van der Waals surface area contributed by atoms with Crippen LogP contribution in [0.2, 0.25) is 0 Å². The summed E-state index contributed by atoms with van der Waals surface area (Å²) in [4.78, 5) is 0. The van der Waals surface area contributed by atoms with Gasteiger partial charge in [-0.2, -0.15) is 0 Å². The van der Waals surface area contributed by atoms with Gasteiger partial charge >= 0.3 is 0 Å². The van der Waals surface area contributed by atoms with E-state index in [4.69, 9.17) is 0 Å². The highest BCUT2D eigenvalue weighted by Crippen LogP contribution is 2.32. The van der Waals surface area contributed by atoms with E-state index in [0.717, 1.165) is 32.1 Å². The average molecular weight is 204 g/mol. The standard InChI is InChI=1S/C14H20O/c1-2-3-9-14(15)10-8-12-6-4-5-7-13(12)11-14/h4-7,15H,2-3,8-11H2,1H3. The topological polar surface area (TPSA) is 20.2 Å². The van der Waals surface area contributed by atoms with Crippen molar-refractivity contribution >= 4 is 0 Å². The molecule has 0 saturated heterocycles. The molecule has 1 atom stereocenters. The maximum absolute atomic E-state index is 10.4. The molecule has 1 nitrogen and oxygen atoms in total. The largest absolute Gasteiger partial charge is 0.390 e. The zero-order valence-corrected chi connectivity index (χ0v) is 9.50. The van der Waals surface area contributed by atoms with Gasteiger partial charge in [0.15, 0.2) is 0 Å². The maximum Gasteiger partial charge on any atom is 0.0691 e. The van der Waals surface area contributed by atoms with Crippen LogP contribution in [0.5, 0.6) is 0 Å². The predicted octanol–water partition coefficient (Wildman–Crippen LogP) is 3.10. The number of hydrogen-bond donors (Lipinski definition) is 1. The van der Waals surface area contributed by atoms with Gasteiger partial charge in [-0.15, -0.1) is 0 Å². The summed E-state index contributed by atoms with van der Waals surface area (Å²) >= 11 is 0. The quantitative estimate of drug-likeness (QED) is 0.802.